The molecule has 198 valence electrons. The van der Waals surface area contributed by atoms with Gasteiger partial charge in [-0.05, 0) is 59.9 Å². The van der Waals surface area contributed by atoms with Gasteiger partial charge in [-0.15, -0.1) is 0 Å². The van der Waals surface area contributed by atoms with E-state index in [0.717, 1.165) is 12.8 Å². The van der Waals surface area contributed by atoms with Crippen LogP contribution >= 0.6 is 0 Å². The smallest absolute Gasteiger partial charge is 0.354 e. The van der Waals surface area contributed by atoms with Crippen LogP contribution in [0.25, 0.3) is 5.52 Å². The number of carboxylic acids is 1. The summed E-state index contributed by atoms with van der Waals surface area (Å²) >= 11 is 0. The summed E-state index contributed by atoms with van der Waals surface area (Å²) in [7, 11) is 4.63. The van der Waals surface area contributed by atoms with Crippen molar-refractivity contribution in [2.24, 2.45) is 0 Å². The first-order valence-electron chi connectivity index (χ1n) is 12.3. The van der Waals surface area contributed by atoms with Gasteiger partial charge in [0.1, 0.15) is 28.9 Å². The van der Waals surface area contributed by atoms with Crippen LogP contribution < -0.4 is 14.2 Å². The Morgan fingerprint density at radius 3 is 2.21 bits per heavy atom. The highest BCUT2D eigenvalue weighted by Gasteiger charge is 2.31. The summed E-state index contributed by atoms with van der Waals surface area (Å²) < 4.78 is 24.1. The number of hydrogen-bond acceptors (Lipinski definition) is 7. The first kappa shape index (κ1) is 25.6. The number of carboxylic acid groups (broad SMARTS) is 1. The molecule has 0 bridgehead atoms. The maximum Gasteiger partial charge on any atom is 0.354 e. The Hall–Kier alpha value is -4.08. The second kappa shape index (κ2) is 10.7. The van der Waals surface area contributed by atoms with Gasteiger partial charge in [0.25, 0.3) is 0 Å². The van der Waals surface area contributed by atoms with Crippen LogP contribution in [-0.2, 0) is 24.0 Å². The lowest BCUT2D eigenvalue weighted by Gasteiger charge is -2.27. The zero-order valence-electron chi connectivity index (χ0n) is 21.5. The number of aromatic carboxylic acids is 1. The van der Waals surface area contributed by atoms with Crippen molar-refractivity contribution in [1.29, 1.82) is 0 Å². The molecule has 0 fully saturated rings. The van der Waals surface area contributed by atoms with Crippen molar-refractivity contribution in [3.63, 3.8) is 0 Å². The molecule has 9 nitrogen and oxygen atoms in total. The number of aromatic nitrogens is 2. The summed E-state index contributed by atoms with van der Waals surface area (Å²) in [6.07, 6.45) is -0.131. The normalized spacial score (nSPS) is 14.7. The lowest BCUT2D eigenvalue weighted by molar-refractivity contribution is -0.0747. The first-order valence-corrected chi connectivity index (χ1v) is 12.3. The number of aliphatic hydroxyl groups is 1. The topological polar surface area (TPSA) is 112 Å². The minimum Gasteiger partial charge on any atom is -0.497 e. The van der Waals surface area contributed by atoms with E-state index in [-0.39, 0.29) is 18.2 Å². The Morgan fingerprint density at radius 2 is 1.63 bits per heavy atom. The van der Waals surface area contributed by atoms with Crippen molar-refractivity contribution in [2.45, 2.75) is 37.6 Å². The number of methoxy groups -OCH3 is 3. The number of aliphatic hydroxyl groups excluding tert-OH is 1. The summed E-state index contributed by atoms with van der Waals surface area (Å²) in [5, 5.41) is 25.8. The molecule has 2 aromatic carbocycles. The number of ether oxygens (including phenoxy) is 4. The molecule has 0 saturated heterocycles. The largest absolute Gasteiger partial charge is 0.497 e. The molecule has 5 rings (SSSR count). The molecule has 0 amide bonds. The number of fused-ring (bicyclic) bond motifs is 2. The van der Waals surface area contributed by atoms with Gasteiger partial charge in [0.05, 0.1) is 39.2 Å². The van der Waals surface area contributed by atoms with Gasteiger partial charge in [0.15, 0.2) is 5.69 Å². The van der Waals surface area contributed by atoms with Crippen LogP contribution in [0.2, 0.25) is 0 Å². The third-order valence-electron chi connectivity index (χ3n) is 6.93. The highest BCUT2D eigenvalue weighted by atomic mass is 16.5. The fourth-order valence-electron chi connectivity index (χ4n) is 5.05. The van der Waals surface area contributed by atoms with Crippen LogP contribution in [0.1, 0.15) is 39.0 Å². The fraction of sp³-hybridized carbons (Fsp3) is 0.310. The number of pyridine rings is 1. The third kappa shape index (κ3) is 5.03. The van der Waals surface area contributed by atoms with E-state index in [1.54, 1.807) is 44.6 Å². The molecule has 4 aromatic rings. The Balaban J connectivity index is 1.50. The molecule has 1 aliphatic carbocycles. The monoisotopic (exact) mass is 518 g/mol. The van der Waals surface area contributed by atoms with Gasteiger partial charge in [-0.3, -0.25) is 0 Å². The van der Waals surface area contributed by atoms with Crippen LogP contribution in [0.3, 0.4) is 0 Å². The maximum atomic E-state index is 11.8. The third-order valence-corrected chi connectivity index (χ3v) is 6.93. The number of rotatable bonds is 10. The van der Waals surface area contributed by atoms with E-state index in [0.29, 0.717) is 34.0 Å². The van der Waals surface area contributed by atoms with Crippen LogP contribution in [0.4, 0.5) is 0 Å². The molecule has 0 spiro atoms. The quantitative estimate of drug-likeness (QED) is 0.325. The predicted octanol–water partition coefficient (Wildman–Crippen LogP) is 3.89. The van der Waals surface area contributed by atoms with Gasteiger partial charge >= 0.3 is 5.97 Å². The zero-order chi connectivity index (χ0) is 26.8. The molecular weight excluding hydrogens is 488 g/mol. The Labute approximate surface area is 220 Å². The van der Waals surface area contributed by atoms with Crippen LogP contribution in [-0.4, -0.2) is 59.3 Å². The van der Waals surface area contributed by atoms with Gasteiger partial charge in [-0.1, -0.05) is 24.3 Å². The summed E-state index contributed by atoms with van der Waals surface area (Å²) in [5.74, 6) is 0.492. The molecule has 2 unspecified atom stereocenters. The average Bonchev–Trinajstić information content (AvgIpc) is 3.54. The van der Waals surface area contributed by atoms with Crippen molar-refractivity contribution in [3.8, 4) is 17.2 Å². The molecule has 2 N–H and O–H groups in total. The van der Waals surface area contributed by atoms with Gasteiger partial charge in [0.2, 0.25) is 0 Å². The van der Waals surface area contributed by atoms with Crippen LogP contribution in [0.5, 0.6) is 17.2 Å². The van der Waals surface area contributed by atoms with E-state index in [9.17, 15) is 15.0 Å². The summed E-state index contributed by atoms with van der Waals surface area (Å²) in [6, 6.07) is 18.3. The molecule has 0 radical (unpaired) electrons. The van der Waals surface area contributed by atoms with E-state index in [1.807, 2.05) is 12.1 Å². The lowest BCUT2D eigenvalue weighted by Crippen LogP contribution is -2.30. The number of carbonyl (C=O) groups is 1. The molecule has 2 atom stereocenters. The van der Waals surface area contributed by atoms with Gasteiger partial charge in [0, 0.05) is 12.5 Å². The lowest BCUT2D eigenvalue weighted by atomic mass is 9.99. The second-order valence-electron chi connectivity index (χ2n) is 9.29. The number of nitrogens with zero attached hydrogens (tertiary/aromatic N) is 2. The molecule has 38 heavy (non-hydrogen) atoms. The Bertz CT molecular complexity index is 1420. The zero-order valence-corrected chi connectivity index (χ0v) is 21.5. The Morgan fingerprint density at radius 1 is 0.974 bits per heavy atom. The minimum absolute atomic E-state index is 0.00819. The maximum absolute atomic E-state index is 11.8. The molecular formula is C29H30N2O7. The van der Waals surface area contributed by atoms with E-state index in [4.69, 9.17) is 18.9 Å². The number of benzene rings is 2. The van der Waals surface area contributed by atoms with Gasteiger partial charge < -0.3 is 29.2 Å². The SMILES string of the molecule is COc1cc(OC)cc(C(O)C(Cc2cc3c(OC)ccc(C(=O)O)n3n2)OC2Cc3ccccc3C2)c1. The van der Waals surface area contributed by atoms with Crippen molar-refractivity contribution in [3.05, 3.63) is 88.7 Å². The molecule has 9 heteroatoms. The number of hydrogen-bond donors (Lipinski definition) is 2. The summed E-state index contributed by atoms with van der Waals surface area (Å²) in [4.78, 5) is 11.8. The van der Waals surface area contributed by atoms with Crippen molar-refractivity contribution in [2.75, 3.05) is 21.3 Å². The highest BCUT2D eigenvalue weighted by molar-refractivity contribution is 5.87. The Kier molecular flexibility index (Phi) is 7.22. The van der Waals surface area contributed by atoms with Gasteiger partial charge in [-0.25, -0.2) is 9.31 Å². The molecule has 2 aromatic heterocycles. The second-order valence-corrected chi connectivity index (χ2v) is 9.29. The van der Waals surface area contributed by atoms with Crippen LogP contribution in [0, 0.1) is 0 Å². The predicted molar refractivity (Wildman–Crippen MR) is 139 cm³/mol. The van der Waals surface area contributed by atoms with Crippen molar-refractivity contribution >= 4 is 11.5 Å². The van der Waals surface area contributed by atoms with E-state index in [1.165, 1.54) is 28.8 Å². The van der Waals surface area contributed by atoms with E-state index >= 15 is 0 Å². The average molecular weight is 519 g/mol. The van der Waals surface area contributed by atoms with Crippen molar-refractivity contribution in [1.82, 2.24) is 9.61 Å². The molecule has 1 aliphatic rings. The van der Waals surface area contributed by atoms with E-state index < -0.39 is 18.2 Å². The summed E-state index contributed by atoms with van der Waals surface area (Å²) in [5.41, 5.74) is 4.14. The highest BCUT2D eigenvalue weighted by Crippen LogP contribution is 2.33. The minimum atomic E-state index is -1.10. The molecule has 0 aliphatic heterocycles. The van der Waals surface area contributed by atoms with E-state index in [2.05, 4.69) is 17.2 Å². The van der Waals surface area contributed by atoms with Crippen molar-refractivity contribution < 1.29 is 34.0 Å². The molecule has 0 saturated carbocycles. The molecule has 2 heterocycles. The standard InChI is InChI=1S/C29H30N2O7/c1-35-21-12-19(13-22(16-21)36-2)28(32)27(38-23-10-17-6-4-5-7-18(17)11-23)15-20-14-25-26(37-3)9-8-24(29(33)34)31(25)30-20/h4-9,12-14,16,23,27-28,32H,10-11,15H2,1-3H3,(H,33,34). The fourth-order valence-corrected chi connectivity index (χ4v) is 5.05. The summed E-state index contributed by atoms with van der Waals surface area (Å²) in [6.45, 7) is 0. The van der Waals surface area contributed by atoms with Gasteiger partial charge in [-0.2, -0.15) is 5.10 Å². The first-order chi connectivity index (χ1) is 18.4. The van der Waals surface area contributed by atoms with Crippen LogP contribution in [0.15, 0.2) is 60.7 Å².